The largest absolute Gasteiger partial charge is 0.465 e. The Morgan fingerprint density at radius 1 is 1.55 bits per heavy atom. The first-order chi connectivity index (χ1) is 9.45. The predicted octanol–water partition coefficient (Wildman–Crippen LogP) is 0.404. The molecule has 1 heterocycles. The number of nitrogens with zero attached hydrogens (tertiary/aromatic N) is 1. The first-order valence-electron chi connectivity index (χ1n) is 6.18. The summed E-state index contributed by atoms with van der Waals surface area (Å²) in [5.41, 5.74) is 5.14. The van der Waals surface area contributed by atoms with Gasteiger partial charge in [0.1, 0.15) is 11.8 Å². The second-order valence-corrected chi connectivity index (χ2v) is 5.18. The van der Waals surface area contributed by atoms with Crippen molar-refractivity contribution in [2.45, 2.75) is 26.3 Å². The summed E-state index contributed by atoms with van der Waals surface area (Å²) in [4.78, 5) is 34.3. The molecule has 1 atom stereocenters. The van der Waals surface area contributed by atoms with E-state index in [4.69, 9.17) is 15.0 Å². The van der Waals surface area contributed by atoms with Gasteiger partial charge in [0.05, 0.1) is 12.4 Å². The van der Waals surface area contributed by atoms with Gasteiger partial charge in [-0.2, -0.15) is 11.8 Å². The standard InChI is InChI=1S/C12H18N2O5S/c1-3-18-12(17)9(13)4-5-20-7-11(16)14-10(15)6-8(2)19-14/h6,9H,3-5,7,13H2,1-2H3. The zero-order valence-electron chi connectivity index (χ0n) is 11.5. The summed E-state index contributed by atoms with van der Waals surface area (Å²) in [5.74, 6) is 0.107. The predicted molar refractivity (Wildman–Crippen MR) is 74.9 cm³/mol. The SMILES string of the molecule is CCOC(=O)C(N)CCSCC(=O)n1oc(C)cc1=O. The number of aromatic nitrogens is 1. The third kappa shape index (κ3) is 4.86. The van der Waals surface area contributed by atoms with Crippen LogP contribution in [0.3, 0.4) is 0 Å². The summed E-state index contributed by atoms with van der Waals surface area (Å²) in [6, 6.07) is 0.560. The van der Waals surface area contributed by atoms with Crippen LogP contribution in [0, 0.1) is 6.92 Å². The number of ether oxygens (including phenoxy) is 1. The Morgan fingerprint density at radius 2 is 2.25 bits per heavy atom. The monoisotopic (exact) mass is 302 g/mol. The van der Waals surface area contributed by atoms with Gasteiger partial charge in [0.2, 0.25) is 0 Å². The van der Waals surface area contributed by atoms with Gasteiger partial charge in [-0.25, -0.2) is 0 Å². The van der Waals surface area contributed by atoms with Crippen LogP contribution in [0.5, 0.6) is 0 Å². The summed E-state index contributed by atoms with van der Waals surface area (Å²) in [7, 11) is 0. The van der Waals surface area contributed by atoms with E-state index in [-0.39, 0.29) is 5.75 Å². The minimum atomic E-state index is -0.689. The van der Waals surface area contributed by atoms with Crippen molar-refractivity contribution < 1.29 is 18.8 Å². The van der Waals surface area contributed by atoms with Crippen molar-refractivity contribution in [1.82, 2.24) is 4.74 Å². The van der Waals surface area contributed by atoms with E-state index in [1.165, 1.54) is 17.8 Å². The average Bonchev–Trinajstić information content (AvgIpc) is 2.73. The lowest BCUT2D eigenvalue weighted by Crippen LogP contribution is -2.33. The van der Waals surface area contributed by atoms with Gasteiger partial charge in [-0.15, -0.1) is 4.74 Å². The molecular weight excluding hydrogens is 284 g/mol. The summed E-state index contributed by atoms with van der Waals surface area (Å²) in [6.45, 7) is 3.59. The first kappa shape index (κ1) is 16.5. The third-order valence-electron chi connectivity index (χ3n) is 2.38. The highest BCUT2D eigenvalue weighted by Gasteiger charge is 2.15. The van der Waals surface area contributed by atoms with E-state index in [9.17, 15) is 14.4 Å². The van der Waals surface area contributed by atoms with Crippen LogP contribution in [0.4, 0.5) is 0 Å². The van der Waals surface area contributed by atoms with Crippen LogP contribution in [0.1, 0.15) is 23.9 Å². The minimum absolute atomic E-state index is 0.0857. The second kappa shape index (κ2) is 7.91. The third-order valence-corrected chi connectivity index (χ3v) is 3.35. The molecule has 0 radical (unpaired) electrons. The summed E-state index contributed by atoms with van der Waals surface area (Å²) < 4.78 is 10.5. The Hall–Kier alpha value is -1.54. The van der Waals surface area contributed by atoms with Gasteiger partial charge in [-0.1, -0.05) is 0 Å². The van der Waals surface area contributed by atoms with Crippen molar-refractivity contribution in [1.29, 1.82) is 0 Å². The van der Waals surface area contributed by atoms with E-state index < -0.39 is 23.5 Å². The number of nitrogens with two attached hydrogens (primary N) is 1. The Labute approximate surface area is 120 Å². The fraction of sp³-hybridized carbons (Fsp3) is 0.583. The van der Waals surface area contributed by atoms with Gasteiger partial charge < -0.3 is 15.0 Å². The zero-order valence-corrected chi connectivity index (χ0v) is 12.3. The molecule has 2 N–H and O–H groups in total. The number of esters is 1. The van der Waals surface area contributed by atoms with Crippen molar-refractivity contribution >= 4 is 23.6 Å². The number of thioether (sulfide) groups is 1. The van der Waals surface area contributed by atoms with Crippen molar-refractivity contribution in [2.24, 2.45) is 5.73 Å². The van der Waals surface area contributed by atoms with Gasteiger partial charge in [-0.3, -0.25) is 14.4 Å². The molecule has 1 aromatic rings. The van der Waals surface area contributed by atoms with E-state index in [0.29, 0.717) is 24.5 Å². The lowest BCUT2D eigenvalue weighted by molar-refractivity contribution is -0.144. The summed E-state index contributed by atoms with van der Waals surface area (Å²) >= 11 is 1.28. The van der Waals surface area contributed by atoms with Gasteiger partial charge in [0.25, 0.3) is 11.5 Å². The molecular formula is C12H18N2O5S. The Morgan fingerprint density at radius 3 is 2.80 bits per heavy atom. The molecule has 0 aliphatic carbocycles. The maximum absolute atomic E-state index is 11.7. The lowest BCUT2D eigenvalue weighted by Gasteiger charge is -2.09. The van der Waals surface area contributed by atoms with Crippen LogP contribution in [-0.4, -0.2) is 40.8 Å². The molecule has 0 bridgehead atoms. The highest BCUT2D eigenvalue weighted by molar-refractivity contribution is 7.99. The number of aryl methyl sites for hydroxylation is 1. The summed E-state index contributed by atoms with van der Waals surface area (Å²) in [5, 5.41) is 0. The number of carbonyl (C=O) groups is 2. The average molecular weight is 302 g/mol. The van der Waals surface area contributed by atoms with E-state index in [1.807, 2.05) is 0 Å². The molecule has 7 nitrogen and oxygen atoms in total. The molecule has 1 unspecified atom stereocenters. The van der Waals surface area contributed by atoms with Gasteiger partial charge in [-0.05, 0) is 26.0 Å². The first-order valence-corrected chi connectivity index (χ1v) is 7.34. The number of hydrogen-bond acceptors (Lipinski definition) is 7. The smallest absolute Gasteiger partial charge is 0.322 e. The maximum Gasteiger partial charge on any atom is 0.322 e. The molecule has 0 aromatic carbocycles. The minimum Gasteiger partial charge on any atom is -0.465 e. The van der Waals surface area contributed by atoms with E-state index >= 15 is 0 Å². The van der Waals surface area contributed by atoms with E-state index in [2.05, 4.69) is 0 Å². The maximum atomic E-state index is 11.7. The molecule has 0 fully saturated rings. The Kier molecular flexibility index (Phi) is 6.53. The van der Waals surface area contributed by atoms with E-state index in [1.54, 1.807) is 13.8 Å². The topological polar surface area (TPSA) is 105 Å². The molecule has 0 saturated carbocycles. The Bertz CT molecular complexity index is 522. The molecule has 1 aromatic heterocycles. The highest BCUT2D eigenvalue weighted by atomic mass is 32.2. The molecule has 112 valence electrons. The number of rotatable bonds is 7. The van der Waals surface area contributed by atoms with Gasteiger partial charge >= 0.3 is 5.97 Å². The molecule has 20 heavy (non-hydrogen) atoms. The molecule has 0 spiro atoms. The molecule has 0 saturated heterocycles. The molecule has 0 aliphatic rings. The van der Waals surface area contributed by atoms with Crippen molar-refractivity contribution in [3.05, 3.63) is 22.2 Å². The van der Waals surface area contributed by atoms with Crippen molar-refractivity contribution in [3.8, 4) is 0 Å². The molecule has 8 heteroatoms. The van der Waals surface area contributed by atoms with Gasteiger partial charge in [0, 0.05) is 6.07 Å². The fourth-order valence-electron chi connectivity index (χ4n) is 1.42. The summed E-state index contributed by atoms with van der Waals surface area (Å²) in [6.07, 6.45) is 0.406. The Balaban J connectivity index is 2.31. The fourth-order valence-corrected chi connectivity index (χ4v) is 2.27. The van der Waals surface area contributed by atoms with Crippen LogP contribution in [0.25, 0.3) is 0 Å². The van der Waals surface area contributed by atoms with Crippen LogP contribution in [0.2, 0.25) is 0 Å². The van der Waals surface area contributed by atoms with Crippen LogP contribution in [0.15, 0.2) is 15.4 Å². The van der Waals surface area contributed by atoms with Crippen molar-refractivity contribution in [3.63, 3.8) is 0 Å². The van der Waals surface area contributed by atoms with Crippen LogP contribution in [-0.2, 0) is 9.53 Å². The van der Waals surface area contributed by atoms with E-state index in [0.717, 1.165) is 4.74 Å². The zero-order chi connectivity index (χ0) is 15.1. The van der Waals surface area contributed by atoms with Crippen LogP contribution < -0.4 is 11.3 Å². The molecule has 1 rings (SSSR count). The van der Waals surface area contributed by atoms with Crippen molar-refractivity contribution in [2.75, 3.05) is 18.1 Å². The second-order valence-electron chi connectivity index (χ2n) is 4.07. The quantitative estimate of drug-likeness (QED) is 0.574. The van der Waals surface area contributed by atoms with Gasteiger partial charge in [0.15, 0.2) is 0 Å². The normalized spacial score (nSPS) is 12.2. The lowest BCUT2D eigenvalue weighted by atomic mass is 10.2. The number of carbonyl (C=O) groups excluding carboxylic acids is 2. The highest BCUT2D eigenvalue weighted by Crippen LogP contribution is 2.06. The number of hydrogen-bond donors (Lipinski definition) is 1. The van der Waals surface area contributed by atoms with Crippen LogP contribution >= 0.6 is 11.8 Å². The molecule has 0 amide bonds. The molecule has 0 aliphatic heterocycles.